The Morgan fingerprint density at radius 2 is 1.86 bits per heavy atom. The van der Waals surface area contributed by atoms with E-state index in [9.17, 15) is 4.79 Å². The Labute approximate surface area is 86.8 Å². The highest BCUT2D eigenvalue weighted by molar-refractivity contribution is 5.72. The van der Waals surface area contributed by atoms with E-state index < -0.39 is 0 Å². The smallest absolute Gasteiger partial charge is 0.309 e. The summed E-state index contributed by atoms with van der Waals surface area (Å²) >= 11 is 0. The van der Waals surface area contributed by atoms with Gasteiger partial charge < -0.3 is 9.47 Å². The Kier molecular flexibility index (Phi) is 7.48. The number of hydrogen-bond donors (Lipinski definition) is 0. The third-order valence-corrected chi connectivity index (χ3v) is 2.22. The maximum absolute atomic E-state index is 11.5. The minimum absolute atomic E-state index is 0.0247. The molecule has 3 heteroatoms. The summed E-state index contributed by atoms with van der Waals surface area (Å²) in [6, 6.07) is 0. The molecule has 0 bridgehead atoms. The highest BCUT2D eigenvalue weighted by Crippen LogP contribution is 2.16. The van der Waals surface area contributed by atoms with Gasteiger partial charge in [-0.2, -0.15) is 0 Å². The molecule has 0 heterocycles. The van der Waals surface area contributed by atoms with Crippen LogP contribution in [-0.2, 0) is 14.3 Å². The maximum Gasteiger partial charge on any atom is 0.309 e. The van der Waals surface area contributed by atoms with Gasteiger partial charge in [-0.1, -0.05) is 20.8 Å². The van der Waals surface area contributed by atoms with Crippen LogP contribution in [0.25, 0.3) is 0 Å². The van der Waals surface area contributed by atoms with Crippen molar-refractivity contribution >= 4 is 5.97 Å². The first-order valence-corrected chi connectivity index (χ1v) is 5.37. The first-order valence-electron chi connectivity index (χ1n) is 5.37. The predicted molar refractivity (Wildman–Crippen MR) is 56.1 cm³/mol. The Morgan fingerprint density at radius 1 is 1.21 bits per heavy atom. The van der Waals surface area contributed by atoms with Crippen LogP contribution in [0, 0.1) is 11.8 Å². The number of esters is 1. The lowest BCUT2D eigenvalue weighted by Crippen LogP contribution is -2.23. The SMILES string of the molecule is CCOCCOC(=O)C(CC)C(C)C. The first kappa shape index (κ1) is 13.4. The average molecular weight is 202 g/mol. The summed E-state index contributed by atoms with van der Waals surface area (Å²) in [5, 5.41) is 0. The van der Waals surface area contributed by atoms with E-state index in [0.717, 1.165) is 6.42 Å². The molecule has 0 saturated heterocycles. The Bertz CT molecular complexity index is 155. The van der Waals surface area contributed by atoms with Crippen molar-refractivity contribution in [2.75, 3.05) is 19.8 Å². The van der Waals surface area contributed by atoms with Crippen molar-refractivity contribution in [3.8, 4) is 0 Å². The van der Waals surface area contributed by atoms with Crippen LogP contribution in [0.3, 0.4) is 0 Å². The van der Waals surface area contributed by atoms with Gasteiger partial charge in [0.25, 0.3) is 0 Å². The molecular weight excluding hydrogens is 180 g/mol. The molecule has 1 atom stereocenters. The standard InChI is InChI=1S/C11H22O3/c1-5-10(9(3)4)11(12)14-8-7-13-6-2/h9-10H,5-8H2,1-4H3. The average Bonchev–Trinajstić information content (AvgIpc) is 2.13. The topological polar surface area (TPSA) is 35.5 Å². The van der Waals surface area contributed by atoms with Crippen LogP contribution >= 0.6 is 0 Å². The molecule has 84 valence electrons. The van der Waals surface area contributed by atoms with E-state index in [1.165, 1.54) is 0 Å². The van der Waals surface area contributed by atoms with E-state index in [2.05, 4.69) is 0 Å². The van der Waals surface area contributed by atoms with Crippen LogP contribution in [0.1, 0.15) is 34.1 Å². The molecule has 0 saturated carbocycles. The molecule has 0 N–H and O–H groups in total. The molecule has 14 heavy (non-hydrogen) atoms. The summed E-state index contributed by atoms with van der Waals surface area (Å²) in [5.74, 6) is 0.276. The van der Waals surface area contributed by atoms with Crippen molar-refractivity contribution < 1.29 is 14.3 Å². The van der Waals surface area contributed by atoms with Crippen LogP contribution in [0.2, 0.25) is 0 Å². The minimum atomic E-state index is -0.0952. The summed E-state index contributed by atoms with van der Waals surface area (Å²) in [6.07, 6.45) is 0.838. The van der Waals surface area contributed by atoms with E-state index in [1.54, 1.807) is 0 Å². The van der Waals surface area contributed by atoms with E-state index >= 15 is 0 Å². The van der Waals surface area contributed by atoms with E-state index in [-0.39, 0.29) is 11.9 Å². The lowest BCUT2D eigenvalue weighted by Gasteiger charge is -2.17. The zero-order chi connectivity index (χ0) is 11.0. The Hall–Kier alpha value is -0.570. The molecule has 0 aromatic heterocycles. The Balaban J connectivity index is 3.70. The molecule has 3 nitrogen and oxygen atoms in total. The fourth-order valence-electron chi connectivity index (χ4n) is 1.36. The fourth-order valence-corrected chi connectivity index (χ4v) is 1.36. The predicted octanol–water partition coefficient (Wildman–Crippen LogP) is 2.25. The molecule has 0 spiro atoms. The van der Waals surface area contributed by atoms with Crippen LogP contribution in [0.15, 0.2) is 0 Å². The Morgan fingerprint density at radius 3 is 2.29 bits per heavy atom. The molecule has 0 radical (unpaired) electrons. The molecule has 0 amide bonds. The highest BCUT2D eigenvalue weighted by atomic mass is 16.6. The number of ether oxygens (including phenoxy) is 2. The lowest BCUT2D eigenvalue weighted by atomic mass is 9.94. The third-order valence-electron chi connectivity index (χ3n) is 2.22. The van der Waals surface area contributed by atoms with Gasteiger partial charge in [0.1, 0.15) is 6.61 Å². The summed E-state index contributed by atoms with van der Waals surface area (Å²) < 4.78 is 10.2. The highest BCUT2D eigenvalue weighted by Gasteiger charge is 2.21. The normalized spacial score (nSPS) is 12.9. The second kappa shape index (κ2) is 7.80. The van der Waals surface area contributed by atoms with Crippen LogP contribution in [0.5, 0.6) is 0 Å². The van der Waals surface area contributed by atoms with Crippen LogP contribution in [0.4, 0.5) is 0 Å². The van der Waals surface area contributed by atoms with Gasteiger partial charge in [-0.05, 0) is 19.3 Å². The first-order chi connectivity index (χ1) is 6.63. The molecule has 0 fully saturated rings. The molecule has 1 unspecified atom stereocenters. The quantitative estimate of drug-likeness (QED) is 0.469. The van der Waals surface area contributed by atoms with Gasteiger partial charge in [-0.15, -0.1) is 0 Å². The summed E-state index contributed by atoms with van der Waals surface area (Å²) in [7, 11) is 0. The van der Waals surface area contributed by atoms with E-state index in [0.29, 0.717) is 25.7 Å². The summed E-state index contributed by atoms with van der Waals surface area (Å²) in [4.78, 5) is 11.5. The molecule has 0 aliphatic rings. The van der Waals surface area contributed by atoms with Crippen LogP contribution < -0.4 is 0 Å². The fraction of sp³-hybridized carbons (Fsp3) is 0.909. The second-order valence-electron chi connectivity index (χ2n) is 3.62. The number of hydrogen-bond acceptors (Lipinski definition) is 3. The minimum Gasteiger partial charge on any atom is -0.463 e. The molecule has 0 aromatic carbocycles. The summed E-state index contributed by atoms with van der Waals surface area (Å²) in [5.41, 5.74) is 0. The number of carbonyl (C=O) groups excluding carboxylic acids is 1. The van der Waals surface area contributed by atoms with Crippen molar-refractivity contribution in [3.63, 3.8) is 0 Å². The summed E-state index contributed by atoms with van der Waals surface area (Å²) in [6.45, 7) is 9.54. The van der Waals surface area contributed by atoms with Gasteiger partial charge in [-0.25, -0.2) is 0 Å². The van der Waals surface area contributed by atoms with Crippen molar-refractivity contribution in [3.05, 3.63) is 0 Å². The van der Waals surface area contributed by atoms with Crippen molar-refractivity contribution in [2.45, 2.75) is 34.1 Å². The van der Waals surface area contributed by atoms with Crippen molar-refractivity contribution in [2.24, 2.45) is 11.8 Å². The van der Waals surface area contributed by atoms with Gasteiger partial charge in [0, 0.05) is 6.61 Å². The van der Waals surface area contributed by atoms with E-state index in [4.69, 9.17) is 9.47 Å². The van der Waals surface area contributed by atoms with Gasteiger partial charge in [0.2, 0.25) is 0 Å². The largest absolute Gasteiger partial charge is 0.463 e. The molecule has 0 aliphatic heterocycles. The van der Waals surface area contributed by atoms with Gasteiger partial charge in [0.05, 0.1) is 12.5 Å². The lowest BCUT2D eigenvalue weighted by molar-refractivity contribution is -0.151. The second-order valence-corrected chi connectivity index (χ2v) is 3.62. The van der Waals surface area contributed by atoms with Gasteiger partial charge in [-0.3, -0.25) is 4.79 Å². The third kappa shape index (κ3) is 5.22. The molecular formula is C11H22O3. The van der Waals surface area contributed by atoms with Gasteiger partial charge >= 0.3 is 5.97 Å². The molecule has 0 aromatic rings. The van der Waals surface area contributed by atoms with Gasteiger partial charge in [0.15, 0.2) is 0 Å². The number of carbonyl (C=O) groups is 1. The van der Waals surface area contributed by atoms with E-state index in [1.807, 2.05) is 27.7 Å². The number of rotatable bonds is 7. The van der Waals surface area contributed by atoms with Crippen molar-refractivity contribution in [1.29, 1.82) is 0 Å². The van der Waals surface area contributed by atoms with Crippen molar-refractivity contribution in [1.82, 2.24) is 0 Å². The zero-order valence-corrected chi connectivity index (χ0v) is 9.71. The maximum atomic E-state index is 11.5. The molecule has 0 rings (SSSR count). The zero-order valence-electron chi connectivity index (χ0n) is 9.71. The molecule has 0 aliphatic carbocycles. The van der Waals surface area contributed by atoms with Crippen LogP contribution in [-0.4, -0.2) is 25.8 Å². The monoisotopic (exact) mass is 202 g/mol.